The molecule has 4 aromatic rings. The number of ketones is 1. The minimum absolute atomic E-state index is 0.0397. The standard InChI is InChI=1S/C23H24N4O2S/c1-3-4-10-15-26-21(29)18-13-8-9-14-19(18)27-22(26)24-25-23(27)30-16(2)20(28)17-11-6-5-7-12-17/h5-9,11-14,16H,3-4,10,15H2,1-2H3. The summed E-state index contributed by atoms with van der Waals surface area (Å²) in [6, 6.07) is 16.8. The Labute approximate surface area is 178 Å². The molecule has 0 saturated heterocycles. The molecular formula is C23H24N4O2S. The average molecular weight is 421 g/mol. The predicted octanol–water partition coefficient (Wildman–Crippen LogP) is 4.60. The van der Waals surface area contributed by atoms with Crippen molar-refractivity contribution >= 4 is 34.2 Å². The average Bonchev–Trinajstić information content (AvgIpc) is 3.19. The maximum Gasteiger partial charge on any atom is 0.262 e. The van der Waals surface area contributed by atoms with E-state index in [1.165, 1.54) is 11.8 Å². The first kappa shape index (κ1) is 20.3. The monoisotopic (exact) mass is 420 g/mol. The summed E-state index contributed by atoms with van der Waals surface area (Å²) in [5.41, 5.74) is 1.38. The van der Waals surface area contributed by atoms with Gasteiger partial charge in [-0.1, -0.05) is 74.0 Å². The Kier molecular flexibility index (Phi) is 5.99. The van der Waals surface area contributed by atoms with Gasteiger partial charge in [-0.3, -0.25) is 18.6 Å². The lowest BCUT2D eigenvalue weighted by atomic mass is 10.1. The minimum Gasteiger partial charge on any atom is -0.293 e. The molecule has 7 heteroatoms. The fourth-order valence-electron chi connectivity index (χ4n) is 3.58. The summed E-state index contributed by atoms with van der Waals surface area (Å²) >= 11 is 1.36. The van der Waals surface area contributed by atoms with Gasteiger partial charge in [0.15, 0.2) is 10.9 Å². The summed E-state index contributed by atoms with van der Waals surface area (Å²) in [6.07, 6.45) is 3.03. The molecule has 0 aliphatic rings. The number of carbonyl (C=O) groups is 1. The Morgan fingerprint density at radius 3 is 2.53 bits per heavy atom. The number of hydrogen-bond acceptors (Lipinski definition) is 5. The highest BCUT2D eigenvalue weighted by molar-refractivity contribution is 8.00. The van der Waals surface area contributed by atoms with Crippen molar-refractivity contribution in [2.24, 2.45) is 0 Å². The normalized spacial score (nSPS) is 12.5. The molecule has 0 aliphatic heterocycles. The fraction of sp³-hybridized carbons (Fsp3) is 0.304. The van der Waals surface area contributed by atoms with Crippen LogP contribution in [0.4, 0.5) is 0 Å². The van der Waals surface area contributed by atoms with Crippen molar-refractivity contribution in [1.29, 1.82) is 0 Å². The molecule has 1 unspecified atom stereocenters. The van der Waals surface area contributed by atoms with Crippen LogP contribution in [-0.4, -0.2) is 30.2 Å². The lowest BCUT2D eigenvalue weighted by molar-refractivity contribution is 0.0994. The zero-order chi connectivity index (χ0) is 21.1. The van der Waals surface area contributed by atoms with Gasteiger partial charge in [-0.2, -0.15) is 0 Å². The Morgan fingerprint density at radius 2 is 1.77 bits per heavy atom. The van der Waals surface area contributed by atoms with E-state index in [0.717, 1.165) is 24.8 Å². The summed E-state index contributed by atoms with van der Waals surface area (Å²) in [7, 11) is 0. The third-order valence-electron chi connectivity index (χ3n) is 5.17. The fourth-order valence-corrected chi connectivity index (χ4v) is 4.51. The number of hydrogen-bond donors (Lipinski definition) is 0. The topological polar surface area (TPSA) is 69.3 Å². The first-order valence-electron chi connectivity index (χ1n) is 10.2. The van der Waals surface area contributed by atoms with Crippen molar-refractivity contribution in [3.8, 4) is 0 Å². The molecule has 2 heterocycles. The van der Waals surface area contributed by atoms with Crippen LogP contribution in [0.1, 0.15) is 43.5 Å². The van der Waals surface area contributed by atoms with E-state index in [1.807, 2.05) is 65.9 Å². The predicted molar refractivity (Wildman–Crippen MR) is 120 cm³/mol. The second-order valence-electron chi connectivity index (χ2n) is 7.29. The number of rotatable bonds is 8. The highest BCUT2D eigenvalue weighted by Crippen LogP contribution is 2.27. The van der Waals surface area contributed by atoms with Gasteiger partial charge in [0.2, 0.25) is 5.78 Å². The van der Waals surface area contributed by atoms with Crippen LogP contribution in [-0.2, 0) is 6.54 Å². The second-order valence-corrected chi connectivity index (χ2v) is 8.60. The smallest absolute Gasteiger partial charge is 0.262 e. The van der Waals surface area contributed by atoms with Crippen LogP contribution >= 0.6 is 11.8 Å². The van der Waals surface area contributed by atoms with Gasteiger partial charge < -0.3 is 0 Å². The van der Waals surface area contributed by atoms with Crippen LogP contribution in [0, 0.1) is 0 Å². The number of aromatic nitrogens is 4. The van der Waals surface area contributed by atoms with Crippen LogP contribution in [0.15, 0.2) is 64.5 Å². The quantitative estimate of drug-likeness (QED) is 0.237. The van der Waals surface area contributed by atoms with Crippen LogP contribution in [0.5, 0.6) is 0 Å². The van der Waals surface area contributed by atoms with Gasteiger partial charge in [0.05, 0.1) is 16.2 Å². The van der Waals surface area contributed by atoms with Crippen LogP contribution in [0.2, 0.25) is 0 Å². The van der Waals surface area contributed by atoms with Gasteiger partial charge in [0.25, 0.3) is 5.56 Å². The SMILES string of the molecule is CCCCCn1c(=O)c2ccccc2n2c(SC(C)C(=O)c3ccccc3)nnc12. The zero-order valence-corrected chi connectivity index (χ0v) is 17.9. The van der Waals surface area contributed by atoms with Gasteiger partial charge in [-0.15, -0.1) is 10.2 Å². The van der Waals surface area contributed by atoms with E-state index in [1.54, 1.807) is 4.57 Å². The second kappa shape index (κ2) is 8.83. The van der Waals surface area contributed by atoms with Gasteiger partial charge in [0.1, 0.15) is 0 Å². The van der Waals surface area contributed by atoms with Crippen molar-refractivity contribution in [2.75, 3.05) is 0 Å². The number of thioether (sulfide) groups is 1. The summed E-state index contributed by atoms with van der Waals surface area (Å²) in [6.45, 7) is 4.61. The molecule has 0 N–H and O–H groups in total. The Morgan fingerprint density at radius 1 is 1.03 bits per heavy atom. The molecular weight excluding hydrogens is 396 g/mol. The van der Waals surface area contributed by atoms with Gasteiger partial charge in [0, 0.05) is 12.1 Å². The molecule has 30 heavy (non-hydrogen) atoms. The largest absolute Gasteiger partial charge is 0.293 e. The summed E-state index contributed by atoms with van der Waals surface area (Å²) in [5, 5.41) is 9.60. The van der Waals surface area contributed by atoms with Crippen LogP contribution in [0.3, 0.4) is 0 Å². The highest BCUT2D eigenvalue weighted by atomic mass is 32.2. The molecule has 0 bridgehead atoms. The number of nitrogens with zero attached hydrogens (tertiary/aromatic N) is 4. The first-order valence-corrected chi connectivity index (χ1v) is 11.1. The van der Waals surface area contributed by atoms with Crippen molar-refractivity contribution in [2.45, 2.75) is 50.1 Å². The third-order valence-corrected chi connectivity index (χ3v) is 6.22. The van der Waals surface area contributed by atoms with Crippen molar-refractivity contribution in [3.05, 3.63) is 70.5 Å². The Balaban J connectivity index is 1.78. The van der Waals surface area contributed by atoms with E-state index >= 15 is 0 Å². The molecule has 6 nitrogen and oxygen atoms in total. The van der Waals surface area contributed by atoms with E-state index in [0.29, 0.717) is 28.4 Å². The lowest BCUT2D eigenvalue weighted by Gasteiger charge is -2.12. The summed E-state index contributed by atoms with van der Waals surface area (Å²) in [4.78, 5) is 25.9. The van der Waals surface area contributed by atoms with Gasteiger partial charge in [-0.25, -0.2) is 0 Å². The lowest BCUT2D eigenvalue weighted by Crippen LogP contribution is -2.23. The molecule has 2 aromatic heterocycles. The molecule has 0 radical (unpaired) electrons. The van der Waals surface area contributed by atoms with E-state index in [2.05, 4.69) is 17.1 Å². The third kappa shape index (κ3) is 3.77. The van der Waals surface area contributed by atoms with E-state index < -0.39 is 0 Å². The molecule has 0 saturated carbocycles. The molecule has 1 atom stereocenters. The van der Waals surface area contributed by atoms with Gasteiger partial charge >= 0.3 is 0 Å². The van der Waals surface area contributed by atoms with Crippen molar-refractivity contribution in [1.82, 2.24) is 19.2 Å². The highest BCUT2D eigenvalue weighted by Gasteiger charge is 2.22. The van der Waals surface area contributed by atoms with E-state index in [-0.39, 0.29) is 16.6 Å². The minimum atomic E-state index is -0.334. The maximum atomic E-state index is 13.1. The summed E-state index contributed by atoms with van der Waals surface area (Å²) in [5.74, 6) is 0.564. The number of benzene rings is 2. The van der Waals surface area contributed by atoms with E-state index in [4.69, 9.17) is 0 Å². The number of unbranched alkanes of at least 4 members (excludes halogenated alkanes) is 2. The summed E-state index contributed by atoms with van der Waals surface area (Å²) < 4.78 is 3.61. The number of aryl methyl sites for hydroxylation is 1. The molecule has 0 amide bonds. The van der Waals surface area contributed by atoms with Crippen LogP contribution < -0.4 is 5.56 Å². The van der Waals surface area contributed by atoms with Crippen molar-refractivity contribution < 1.29 is 4.79 Å². The Bertz CT molecular complexity index is 1250. The number of Topliss-reactive ketones (excluding diaryl/α,β-unsaturated/α-hetero) is 1. The molecule has 0 aliphatic carbocycles. The Hall–Kier alpha value is -2.93. The number of carbonyl (C=O) groups excluding carboxylic acids is 1. The molecule has 0 spiro atoms. The number of para-hydroxylation sites is 1. The van der Waals surface area contributed by atoms with Crippen molar-refractivity contribution in [3.63, 3.8) is 0 Å². The zero-order valence-electron chi connectivity index (χ0n) is 17.1. The van der Waals surface area contributed by atoms with E-state index in [9.17, 15) is 9.59 Å². The molecule has 0 fully saturated rings. The molecule has 154 valence electrons. The maximum absolute atomic E-state index is 13.1. The molecule has 2 aromatic carbocycles. The number of fused-ring (bicyclic) bond motifs is 3. The molecule has 4 rings (SSSR count). The van der Waals surface area contributed by atoms with Gasteiger partial charge in [-0.05, 0) is 25.5 Å². The first-order chi connectivity index (χ1) is 14.6. The van der Waals surface area contributed by atoms with Crippen LogP contribution in [0.25, 0.3) is 16.7 Å².